The summed E-state index contributed by atoms with van der Waals surface area (Å²) in [5, 5.41) is 0. The summed E-state index contributed by atoms with van der Waals surface area (Å²) < 4.78 is 66.9. The van der Waals surface area contributed by atoms with Gasteiger partial charge in [0.15, 0.2) is 0 Å². The van der Waals surface area contributed by atoms with Gasteiger partial charge in [0.25, 0.3) is 0 Å². The largest absolute Gasteiger partial charge is 0.573 e. The summed E-state index contributed by atoms with van der Waals surface area (Å²) in [7, 11) is -3.84. The lowest BCUT2D eigenvalue weighted by molar-refractivity contribution is -0.274. The lowest BCUT2D eigenvalue weighted by atomic mass is 10.2. The molecule has 0 amide bonds. The summed E-state index contributed by atoms with van der Waals surface area (Å²) in [6.07, 6.45) is 1.87. The number of nitrogens with zero attached hydrogens (tertiary/aromatic N) is 3. The van der Waals surface area contributed by atoms with E-state index in [0.717, 1.165) is 24.3 Å². The number of ether oxygens (including phenoxy) is 1. The molecular formula is C17H17F3N4O4S. The number of aromatic nitrogens is 2. The summed E-state index contributed by atoms with van der Waals surface area (Å²) in [5.41, 5.74) is 4.11. The molecule has 29 heavy (non-hydrogen) atoms. The number of hydroxylamine groups is 1. The van der Waals surface area contributed by atoms with Gasteiger partial charge in [0, 0.05) is 37.6 Å². The van der Waals surface area contributed by atoms with Crippen LogP contribution in [0.4, 0.5) is 13.2 Å². The molecule has 1 aliphatic heterocycles. The summed E-state index contributed by atoms with van der Waals surface area (Å²) in [6.45, 7) is 0.482. The summed E-state index contributed by atoms with van der Waals surface area (Å²) >= 11 is 0. The molecule has 1 aromatic carbocycles. The van der Waals surface area contributed by atoms with E-state index in [2.05, 4.69) is 20.2 Å². The van der Waals surface area contributed by atoms with Gasteiger partial charge in [0.2, 0.25) is 10.0 Å². The summed E-state index contributed by atoms with van der Waals surface area (Å²) in [5.74, 6) is -0.485. The first-order valence-electron chi connectivity index (χ1n) is 8.42. The van der Waals surface area contributed by atoms with Gasteiger partial charge in [-0.25, -0.2) is 8.42 Å². The molecular weight excluding hydrogens is 413 g/mol. The van der Waals surface area contributed by atoms with Gasteiger partial charge in [0.1, 0.15) is 12.4 Å². The maximum absolute atomic E-state index is 12.7. The van der Waals surface area contributed by atoms with Crippen molar-refractivity contribution in [2.75, 3.05) is 13.1 Å². The highest BCUT2D eigenvalue weighted by Crippen LogP contribution is 2.26. The van der Waals surface area contributed by atoms with E-state index in [1.165, 1.54) is 4.31 Å². The molecule has 0 saturated carbocycles. The molecule has 1 aliphatic rings. The molecule has 0 spiro atoms. The molecule has 1 aromatic heterocycles. The molecule has 0 radical (unpaired) electrons. The third-order valence-corrected chi connectivity index (χ3v) is 5.79. The van der Waals surface area contributed by atoms with Crippen LogP contribution in [-0.4, -0.2) is 42.1 Å². The van der Waals surface area contributed by atoms with Crippen molar-refractivity contribution in [3.8, 4) is 5.75 Å². The van der Waals surface area contributed by atoms with Crippen molar-refractivity contribution in [2.24, 2.45) is 0 Å². The van der Waals surface area contributed by atoms with Gasteiger partial charge in [-0.05, 0) is 30.3 Å². The van der Waals surface area contributed by atoms with E-state index >= 15 is 0 Å². The minimum Gasteiger partial charge on any atom is -0.406 e. The molecule has 0 atom stereocenters. The lowest BCUT2D eigenvalue weighted by Crippen LogP contribution is -2.36. The molecule has 12 heteroatoms. The second-order valence-electron chi connectivity index (χ2n) is 5.95. The third kappa shape index (κ3) is 5.89. The van der Waals surface area contributed by atoms with Crippen LogP contribution < -0.4 is 10.2 Å². The van der Waals surface area contributed by atoms with Crippen LogP contribution in [0.5, 0.6) is 5.75 Å². The predicted octanol–water partition coefficient (Wildman–Crippen LogP) is 2.37. The Morgan fingerprint density at radius 2 is 1.93 bits per heavy atom. The Balaban J connectivity index is 1.56. The molecule has 8 nitrogen and oxygen atoms in total. The Morgan fingerprint density at radius 3 is 2.52 bits per heavy atom. The SMILES string of the molecule is O=S(=O)(c1ccc(OC(F)(F)F)cc1)N1CC=C(NOCc2cnccn2)CC1. The van der Waals surface area contributed by atoms with Gasteiger partial charge in [-0.1, -0.05) is 0 Å². The van der Waals surface area contributed by atoms with Crippen LogP contribution in [0.1, 0.15) is 12.1 Å². The number of hydrogen-bond donors (Lipinski definition) is 1. The minimum absolute atomic E-state index is 0.0972. The zero-order chi connectivity index (χ0) is 20.9. The van der Waals surface area contributed by atoms with Gasteiger partial charge in [-0.15, -0.1) is 13.2 Å². The molecule has 0 saturated heterocycles. The van der Waals surface area contributed by atoms with Crippen molar-refractivity contribution in [3.05, 3.63) is 60.3 Å². The normalized spacial score (nSPS) is 15.6. The topological polar surface area (TPSA) is 93.7 Å². The van der Waals surface area contributed by atoms with Crippen LogP contribution in [0.2, 0.25) is 0 Å². The Morgan fingerprint density at radius 1 is 1.17 bits per heavy atom. The van der Waals surface area contributed by atoms with Crippen molar-refractivity contribution in [2.45, 2.75) is 24.3 Å². The monoisotopic (exact) mass is 430 g/mol. The Hall–Kier alpha value is -2.70. The van der Waals surface area contributed by atoms with Gasteiger partial charge < -0.3 is 4.74 Å². The fourth-order valence-electron chi connectivity index (χ4n) is 2.53. The quantitative estimate of drug-likeness (QED) is 0.674. The van der Waals surface area contributed by atoms with Crippen LogP contribution in [0.25, 0.3) is 0 Å². The summed E-state index contributed by atoms with van der Waals surface area (Å²) in [6, 6.07) is 4.09. The average molecular weight is 430 g/mol. The number of rotatable bonds is 7. The average Bonchev–Trinajstić information content (AvgIpc) is 2.68. The van der Waals surface area contributed by atoms with Crippen molar-refractivity contribution in [1.29, 1.82) is 0 Å². The van der Waals surface area contributed by atoms with Gasteiger partial charge in [0.05, 0.1) is 16.8 Å². The molecule has 0 aliphatic carbocycles. The highest BCUT2D eigenvalue weighted by Gasteiger charge is 2.31. The van der Waals surface area contributed by atoms with Gasteiger partial charge in [-0.3, -0.25) is 20.3 Å². The standard InChI is InChI=1S/C17H17F3N4O4S/c18-17(19,20)28-15-1-3-16(4-2-15)29(25,26)24-9-5-13(6-10-24)23-27-12-14-11-21-7-8-22-14/h1-5,7-8,11,23H,6,9-10,12H2. The first kappa shape index (κ1) is 21.0. The Labute approximate surface area is 165 Å². The number of benzene rings is 1. The predicted molar refractivity (Wildman–Crippen MR) is 94.5 cm³/mol. The highest BCUT2D eigenvalue weighted by molar-refractivity contribution is 7.89. The Bertz CT molecular complexity index is 951. The van der Waals surface area contributed by atoms with Crippen LogP contribution in [0.15, 0.2) is 59.5 Å². The second-order valence-corrected chi connectivity index (χ2v) is 7.89. The fourth-order valence-corrected chi connectivity index (χ4v) is 3.91. The van der Waals surface area contributed by atoms with Crippen LogP contribution >= 0.6 is 0 Å². The number of nitrogens with one attached hydrogen (secondary N) is 1. The number of halogens is 3. The maximum atomic E-state index is 12.7. The van der Waals surface area contributed by atoms with Gasteiger partial charge in [-0.2, -0.15) is 4.31 Å². The highest BCUT2D eigenvalue weighted by atomic mass is 32.2. The number of sulfonamides is 1. The molecule has 2 aromatic rings. The lowest BCUT2D eigenvalue weighted by Gasteiger charge is -2.26. The zero-order valence-corrected chi connectivity index (χ0v) is 15.8. The molecule has 3 rings (SSSR count). The first-order chi connectivity index (χ1) is 13.7. The molecule has 156 valence electrons. The summed E-state index contributed by atoms with van der Waals surface area (Å²) in [4.78, 5) is 13.2. The molecule has 0 unspecified atom stereocenters. The van der Waals surface area contributed by atoms with E-state index in [0.29, 0.717) is 17.8 Å². The molecule has 0 bridgehead atoms. The first-order valence-corrected chi connectivity index (χ1v) is 9.86. The molecule has 2 heterocycles. The number of hydrogen-bond acceptors (Lipinski definition) is 7. The van der Waals surface area contributed by atoms with Gasteiger partial charge >= 0.3 is 6.36 Å². The number of alkyl halides is 3. The fraction of sp³-hybridized carbons (Fsp3) is 0.294. The van der Waals surface area contributed by atoms with Crippen molar-refractivity contribution >= 4 is 10.0 Å². The maximum Gasteiger partial charge on any atom is 0.573 e. The van der Waals surface area contributed by atoms with E-state index < -0.39 is 22.1 Å². The zero-order valence-electron chi connectivity index (χ0n) is 15.0. The van der Waals surface area contributed by atoms with E-state index in [-0.39, 0.29) is 24.6 Å². The van der Waals surface area contributed by atoms with Crippen LogP contribution in [-0.2, 0) is 21.5 Å². The molecule has 0 fully saturated rings. The van der Waals surface area contributed by atoms with Crippen molar-refractivity contribution in [1.82, 2.24) is 19.8 Å². The van der Waals surface area contributed by atoms with Crippen LogP contribution in [0, 0.1) is 0 Å². The van der Waals surface area contributed by atoms with E-state index in [4.69, 9.17) is 4.84 Å². The van der Waals surface area contributed by atoms with E-state index in [9.17, 15) is 21.6 Å². The smallest absolute Gasteiger partial charge is 0.406 e. The van der Waals surface area contributed by atoms with E-state index in [1.807, 2.05) is 0 Å². The third-order valence-electron chi connectivity index (χ3n) is 3.91. The van der Waals surface area contributed by atoms with Crippen molar-refractivity contribution < 1.29 is 31.2 Å². The minimum atomic E-state index is -4.84. The van der Waals surface area contributed by atoms with E-state index in [1.54, 1.807) is 24.7 Å². The second kappa shape index (κ2) is 8.76. The van der Waals surface area contributed by atoms with Crippen LogP contribution in [0.3, 0.4) is 0 Å². The molecule has 1 N–H and O–H groups in total. The van der Waals surface area contributed by atoms with Crippen molar-refractivity contribution in [3.63, 3.8) is 0 Å². The Kier molecular flexibility index (Phi) is 6.35.